The van der Waals surface area contributed by atoms with Gasteiger partial charge in [0.2, 0.25) is 0 Å². The topological polar surface area (TPSA) is 49.9 Å². The van der Waals surface area contributed by atoms with Crippen molar-refractivity contribution in [2.75, 3.05) is 0 Å². The Hall–Kier alpha value is -2.75. The molecule has 3 rings (SSSR count). The lowest BCUT2D eigenvalue weighted by Crippen LogP contribution is -2.05. The molecule has 0 fully saturated rings. The van der Waals surface area contributed by atoms with Crippen LogP contribution >= 0.6 is 0 Å². The summed E-state index contributed by atoms with van der Waals surface area (Å²) in [5.74, 6) is -0.618. The Balaban J connectivity index is 1.70. The van der Waals surface area contributed by atoms with E-state index in [1.165, 1.54) is 24.3 Å². The first-order valence-corrected chi connectivity index (χ1v) is 7.03. The van der Waals surface area contributed by atoms with Crippen molar-refractivity contribution >= 4 is 22.5 Å². The minimum Gasteiger partial charge on any atom is -0.360 e. The molecule has 4 heteroatoms. The maximum atomic E-state index is 12.8. The molecule has 22 heavy (non-hydrogen) atoms. The van der Waals surface area contributed by atoms with Crippen molar-refractivity contribution in [3.63, 3.8) is 0 Å². The number of carbonyl (C=O) groups excluding carboxylic acids is 2. The molecule has 0 unspecified atom stereocenters. The lowest BCUT2D eigenvalue weighted by molar-refractivity contribution is 0.0918. The van der Waals surface area contributed by atoms with Gasteiger partial charge in [-0.25, -0.2) is 4.39 Å². The van der Waals surface area contributed by atoms with E-state index < -0.39 is 0 Å². The average molecular weight is 295 g/mol. The summed E-state index contributed by atoms with van der Waals surface area (Å²) in [5, 5.41) is 0.863. The van der Waals surface area contributed by atoms with Gasteiger partial charge in [-0.15, -0.1) is 0 Å². The molecular formula is C18H14FNO2. The number of benzene rings is 2. The van der Waals surface area contributed by atoms with Gasteiger partial charge in [-0.3, -0.25) is 9.59 Å². The summed E-state index contributed by atoms with van der Waals surface area (Å²) in [5.41, 5.74) is 1.92. The second-order valence-electron chi connectivity index (χ2n) is 5.10. The van der Waals surface area contributed by atoms with Crippen LogP contribution in [0.3, 0.4) is 0 Å². The summed E-state index contributed by atoms with van der Waals surface area (Å²) in [4.78, 5) is 27.3. The van der Waals surface area contributed by atoms with Crippen molar-refractivity contribution in [2.24, 2.45) is 0 Å². The van der Waals surface area contributed by atoms with E-state index in [-0.39, 0.29) is 30.2 Å². The smallest absolute Gasteiger partial charge is 0.165 e. The van der Waals surface area contributed by atoms with Crippen LogP contribution in [0.25, 0.3) is 10.9 Å². The van der Waals surface area contributed by atoms with Crippen molar-refractivity contribution in [3.8, 4) is 0 Å². The number of aromatic amines is 1. The quantitative estimate of drug-likeness (QED) is 0.719. The number of ketones is 2. The Morgan fingerprint density at radius 3 is 2.36 bits per heavy atom. The van der Waals surface area contributed by atoms with Crippen LogP contribution in [0.1, 0.15) is 33.6 Å². The number of hydrogen-bond donors (Lipinski definition) is 1. The molecule has 1 aromatic heterocycles. The van der Waals surface area contributed by atoms with Crippen molar-refractivity contribution in [2.45, 2.75) is 12.8 Å². The maximum Gasteiger partial charge on any atom is 0.165 e. The Morgan fingerprint density at radius 1 is 0.909 bits per heavy atom. The number of Topliss-reactive ketones (excluding diaryl/α,β-unsaturated/α-hetero) is 2. The van der Waals surface area contributed by atoms with Gasteiger partial charge in [0.05, 0.1) is 0 Å². The van der Waals surface area contributed by atoms with Crippen LogP contribution in [-0.4, -0.2) is 16.6 Å². The third kappa shape index (κ3) is 2.81. The van der Waals surface area contributed by atoms with Gasteiger partial charge in [0.25, 0.3) is 0 Å². The first kappa shape index (κ1) is 14.2. The van der Waals surface area contributed by atoms with E-state index in [1.807, 2.05) is 24.3 Å². The van der Waals surface area contributed by atoms with E-state index in [0.717, 1.165) is 10.9 Å². The molecule has 0 bridgehead atoms. The third-order valence-electron chi connectivity index (χ3n) is 3.63. The van der Waals surface area contributed by atoms with E-state index in [1.54, 1.807) is 6.20 Å². The van der Waals surface area contributed by atoms with Gasteiger partial charge in [-0.05, 0) is 30.3 Å². The van der Waals surface area contributed by atoms with Crippen molar-refractivity contribution in [1.82, 2.24) is 4.98 Å². The van der Waals surface area contributed by atoms with Crippen LogP contribution in [0.4, 0.5) is 4.39 Å². The van der Waals surface area contributed by atoms with Crippen LogP contribution in [0, 0.1) is 5.82 Å². The molecule has 0 saturated carbocycles. The lowest BCUT2D eigenvalue weighted by atomic mass is 10.0. The van der Waals surface area contributed by atoms with Crippen LogP contribution in [0.5, 0.6) is 0 Å². The normalized spacial score (nSPS) is 10.8. The largest absolute Gasteiger partial charge is 0.360 e. The molecule has 0 atom stereocenters. The molecule has 0 aliphatic heterocycles. The van der Waals surface area contributed by atoms with E-state index >= 15 is 0 Å². The van der Waals surface area contributed by atoms with Gasteiger partial charge < -0.3 is 4.98 Å². The number of H-pyrrole nitrogens is 1. The fourth-order valence-corrected chi connectivity index (χ4v) is 2.44. The molecule has 0 spiro atoms. The highest BCUT2D eigenvalue weighted by Crippen LogP contribution is 2.20. The average Bonchev–Trinajstić information content (AvgIpc) is 2.97. The number of nitrogens with one attached hydrogen (secondary N) is 1. The zero-order valence-corrected chi connectivity index (χ0v) is 11.8. The molecule has 2 aromatic carbocycles. The zero-order chi connectivity index (χ0) is 15.5. The molecular weight excluding hydrogens is 281 g/mol. The monoisotopic (exact) mass is 295 g/mol. The molecule has 0 amide bonds. The second-order valence-corrected chi connectivity index (χ2v) is 5.10. The van der Waals surface area contributed by atoms with Gasteiger partial charge in [0.1, 0.15) is 5.82 Å². The molecule has 0 saturated heterocycles. The highest BCUT2D eigenvalue weighted by Gasteiger charge is 2.14. The predicted molar refractivity (Wildman–Crippen MR) is 82.6 cm³/mol. The van der Waals surface area contributed by atoms with Crippen LogP contribution in [0.15, 0.2) is 54.7 Å². The van der Waals surface area contributed by atoms with E-state index in [0.29, 0.717) is 11.1 Å². The Bertz CT molecular complexity index is 834. The van der Waals surface area contributed by atoms with E-state index in [2.05, 4.69) is 4.98 Å². The highest BCUT2D eigenvalue weighted by molar-refractivity contribution is 6.09. The van der Waals surface area contributed by atoms with E-state index in [9.17, 15) is 14.0 Å². The van der Waals surface area contributed by atoms with Crippen molar-refractivity contribution in [3.05, 3.63) is 71.7 Å². The number of hydrogen-bond acceptors (Lipinski definition) is 2. The molecule has 1 N–H and O–H groups in total. The first-order valence-electron chi connectivity index (χ1n) is 7.03. The number of para-hydroxylation sites is 1. The Morgan fingerprint density at radius 2 is 1.59 bits per heavy atom. The number of carbonyl (C=O) groups is 2. The number of aromatic nitrogens is 1. The summed E-state index contributed by atoms with van der Waals surface area (Å²) in [6, 6.07) is 12.9. The molecule has 0 aliphatic rings. The zero-order valence-electron chi connectivity index (χ0n) is 11.8. The van der Waals surface area contributed by atoms with Crippen molar-refractivity contribution < 1.29 is 14.0 Å². The lowest BCUT2D eigenvalue weighted by Gasteiger charge is -2.01. The minimum atomic E-state index is -0.383. The summed E-state index contributed by atoms with van der Waals surface area (Å²) < 4.78 is 12.8. The van der Waals surface area contributed by atoms with Gasteiger partial charge in [0.15, 0.2) is 11.6 Å². The fraction of sp³-hybridized carbons (Fsp3) is 0.111. The van der Waals surface area contributed by atoms with Gasteiger partial charge in [-0.2, -0.15) is 0 Å². The van der Waals surface area contributed by atoms with Crippen molar-refractivity contribution in [1.29, 1.82) is 0 Å². The van der Waals surface area contributed by atoms with Crippen LogP contribution in [0.2, 0.25) is 0 Å². The number of fused-ring (bicyclic) bond motifs is 1. The van der Waals surface area contributed by atoms with E-state index in [4.69, 9.17) is 0 Å². The highest BCUT2D eigenvalue weighted by atomic mass is 19.1. The van der Waals surface area contributed by atoms with Gasteiger partial charge in [0, 0.05) is 41.1 Å². The summed E-state index contributed by atoms with van der Waals surface area (Å²) in [6.45, 7) is 0. The summed E-state index contributed by atoms with van der Waals surface area (Å²) in [6.07, 6.45) is 1.93. The van der Waals surface area contributed by atoms with Crippen LogP contribution in [-0.2, 0) is 0 Å². The fourth-order valence-electron chi connectivity index (χ4n) is 2.44. The standard InChI is InChI=1S/C18H14FNO2/c19-13-7-5-12(6-8-13)17(21)9-10-18(22)15-11-20-16-4-2-1-3-14(15)16/h1-8,11,20H,9-10H2. The molecule has 3 nitrogen and oxygen atoms in total. The Labute approximate surface area is 126 Å². The molecule has 3 aromatic rings. The van der Waals surface area contributed by atoms with Gasteiger partial charge in [-0.1, -0.05) is 18.2 Å². The number of rotatable bonds is 5. The molecule has 1 heterocycles. The molecule has 0 radical (unpaired) electrons. The third-order valence-corrected chi connectivity index (χ3v) is 3.63. The number of halogens is 1. The SMILES string of the molecule is O=C(CCC(=O)c1c[nH]c2ccccc12)c1ccc(F)cc1. The summed E-state index contributed by atoms with van der Waals surface area (Å²) in [7, 11) is 0. The van der Waals surface area contributed by atoms with Gasteiger partial charge >= 0.3 is 0 Å². The second kappa shape index (κ2) is 5.93. The minimum absolute atomic E-state index is 0.0760. The maximum absolute atomic E-state index is 12.8. The Kier molecular flexibility index (Phi) is 3.83. The predicted octanol–water partition coefficient (Wildman–Crippen LogP) is 4.15. The molecule has 110 valence electrons. The van der Waals surface area contributed by atoms with Crippen LogP contribution < -0.4 is 0 Å². The molecule has 0 aliphatic carbocycles. The summed E-state index contributed by atoms with van der Waals surface area (Å²) >= 11 is 0. The first-order chi connectivity index (χ1) is 10.6.